The molecule has 5 N–H and O–H groups in total. The second-order valence-electron chi connectivity index (χ2n) is 7.35. The number of H-pyrrole nitrogens is 2. The van der Waals surface area contributed by atoms with E-state index in [4.69, 9.17) is 0 Å². The molecule has 0 aliphatic carbocycles. The van der Waals surface area contributed by atoms with E-state index in [1.54, 1.807) is 30.3 Å². The predicted octanol–water partition coefficient (Wildman–Crippen LogP) is 2.24. The summed E-state index contributed by atoms with van der Waals surface area (Å²) in [6.07, 6.45) is 0. The number of fused-ring (bicyclic) bond motifs is 1. The molecule has 0 atom stereocenters. The molecule has 3 aromatic carbocycles. The summed E-state index contributed by atoms with van der Waals surface area (Å²) in [5.41, 5.74) is -0.527. The van der Waals surface area contributed by atoms with Crippen LogP contribution in [0.1, 0.15) is 10.4 Å². The summed E-state index contributed by atoms with van der Waals surface area (Å²) in [6.45, 7) is -0.478. The molecule has 35 heavy (non-hydrogen) atoms. The van der Waals surface area contributed by atoms with Crippen molar-refractivity contribution in [1.29, 1.82) is 0 Å². The molecule has 1 heterocycles. The fraction of sp³-hybridized carbons (Fsp3) is 0.0435. The summed E-state index contributed by atoms with van der Waals surface area (Å²) in [5.74, 6) is -1.37. The van der Waals surface area contributed by atoms with Crippen molar-refractivity contribution in [1.82, 2.24) is 15.5 Å². The molecule has 1 aromatic heterocycles. The second kappa shape index (κ2) is 9.70. The van der Waals surface area contributed by atoms with Gasteiger partial charge in [-0.1, -0.05) is 24.3 Å². The number of carbonyl (C=O) groups excluding carboxylic acids is 2. The van der Waals surface area contributed by atoms with Gasteiger partial charge in [-0.25, -0.2) is 0 Å². The van der Waals surface area contributed by atoms with Crippen LogP contribution in [0, 0.1) is 10.1 Å². The van der Waals surface area contributed by atoms with Crippen molar-refractivity contribution >= 4 is 45.3 Å². The van der Waals surface area contributed by atoms with E-state index in [2.05, 4.69) is 26.1 Å². The van der Waals surface area contributed by atoms with Crippen LogP contribution in [-0.4, -0.2) is 33.5 Å². The minimum Gasteiger partial charge on any atom is -0.350 e. The fourth-order valence-electron chi connectivity index (χ4n) is 3.40. The molecular weight excluding hydrogens is 456 g/mol. The van der Waals surface area contributed by atoms with Crippen molar-refractivity contribution in [2.24, 2.45) is 0 Å². The average molecular weight is 474 g/mol. The number of amides is 2. The number of aromatic nitrogens is 2. The zero-order valence-electron chi connectivity index (χ0n) is 18.0. The smallest absolute Gasteiger partial charge is 0.293 e. The van der Waals surface area contributed by atoms with Crippen LogP contribution in [0.25, 0.3) is 10.8 Å². The highest BCUT2D eigenvalue weighted by Crippen LogP contribution is 2.28. The second-order valence-corrected chi connectivity index (χ2v) is 7.35. The number of benzene rings is 3. The van der Waals surface area contributed by atoms with Crippen LogP contribution in [0.3, 0.4) is 0 Å². The van der Waals surface area contributed by atoms with Crippen molar-refractivity contribution in [3.05, 3.63) is 103 Å². The minimum atomic E-state index is -0.707. The Bertz CT molecular complexity index is 1560. The van der Waals surface area contributed by atoms with Gasteiger partial charge in [-0.3, -0.25) is 39.5 Å². The molecule has 0 radical (unpaired) electrons. The molecule has 4 aromatic rings. The number of nitrogens with one attached hydrogen (secondary N) is 5. The monoisotopic (exact) mass is 474 g/mol. The van der Waals surface area contributed by atoms with E-state index in [1.807, 2.05) is 0 Å². The first-order valence-corrected chi connectivity index (χ1v) is 10.3. The van der Waals surface area contributed by atoms with Crippen LogP contribution in [0.2, 0.25) is 0 Å². The van der Waals surface area contributed by atoms with Gasteiger partial charge >= 0.3 is 0 Å². The molecule has 0 aliphatic heterocycles. The maximum atomic E-state index is 12.5. The topological polar surface area (TPSA) is 179 Å². The van der Waals surface area contributed by atoms with Gasteiger partial charge in [0.1, 0.15) is 5.69 Å². The van der Waals surface area contributed by atoms with Crippen LogP contribution < -0.4 is 27.1 Å². The standard InChI is InChI=1S/C23H18N6O6/c30-19(26-17-8-4-7-15-20(17)23(33)28-27-22(15)32)12-24-21(31)13-9-10-16(18(11-13)29(34)35)25-14-5-2-1-3-6-14/h1-11,25H,12H2,(H,24,31)(H,26,30)(H,27,32)(H,28,33). The highest BCUT2D eigenvalue weighted by molar-refractivity contribution is 6.04. The lowest BCUT2D eigenvalue weighted by atomic mass is 10.1. The van der Waals surface area contributed by atoms with Crippen molar-refractivity contribution in [3.8, 4) is 0 Å². The third-order valence-corrected chi connectivity index (χ3v) is 5.02. The number of rotatable bonds is 7. The van der Waals surface area contributed by atoms with Crippen LogP contribution >= 0.6 is 0 Å². The number of nitro benzene ring substituents is 1. The molecule has 4 rings (SSSR count). The van der Waals surface area contributed by atoms with Gasteiger partial charge in [0.15, 0.2) is 0 Å². The molecule has 12 heteroatoms. The Hall–Kier alpha value is -5.26. The van der Waals surface area contributed by atoms with Gasteiger partial charge < -0.3 is 16.0 Å². The van der Waals surface area contributed by atoms with Crippen LogP contribution in [-0.2, 0) is 4.79 Å². The molecule has 0 aliphatic rings. The van der Waals surface area contributed by atoms with Crippen molar-refractivity contribution in [2.75, 3.05) is 17.2 Å². The maximum absolute atomic E-state index is 12.5. The first-order valence-electron chi connectivity index (χ1n) is 10.3. The van der Waals surface area contributed by atoms with E-state index in [0.29, 0.717) is 5.69 Å². The Morgan fingerprint density at radius 3 is 2.37 bits per heavy atom. The average Bonchev–Trinajstić information content (AvgIpc) is 2.85. The molecule has 0 unspecified atom stereocenters. The predicted molar refractivity (Wildman–Crippen MR) is 129 cm³/mol. The quantitative estimate of drug-likeness (QED) is 0.201. The Morgan fingerprint density at radius 1 is 0.886 bits per heavy atom. The molecule has 0 saturated heterocycles. The van der Waals surface area contributed by atoms with Gasteiger partial charge in [-0.15, -0.1) is 0 Å². The number of nitrogens with zero attached hydrogens (tertiary/aromatic N) is 1. The molecule has 2 amide bonds. The maximum Gasteiger partial charge on any atom is 0.293 e. The fourth-order valence-corrected chi connectivity index (χ4v) is 3.40. The largest absolute Gasteiger partial charge is 0.350 e. The Balaban J connectivity index is 1.46. The molecular formula is C23H18N6O6. The summed E-state index contributed by atoms with van der Waals surface area (Å²) in [4.78, 5) is 59.8. The van der Waals surface area contributed by atoms with Gasteiger partial charge in [-0.05, 0) is 36.4 Å². The van der Waals surface area contributed by atoms with Crippen molar-refractivity contribution in [2.45, 2.75) is 0 Å². The molecule has 0 fully saturated rings. The van der Waals surface area contributed by atoms with Gasteiger partial charge in [0.25, 0.3) is 22.7 Å². The van der Waals surface area contributed by atoms with Crippen LogP contribution in [0.15, 0.2) is 76.3 Å². The van der Waals surface area contributed by atoms with Gasteiger partial charge in [0.2, 0.25) is 5.91 Å². The van der Waals surface area contributed by atoms with E-state index in [9.17, 15) is 29.3 Å². The van der Waals surface area contributed by atoms with E-state index in [1.165, 1.54) is 30.3 Å². The number of aromatic amines is 2. The van der Waals surface area contributed by atoms with Gasteiger partial charge in [0.05, 0.1) is 27.9 Å². The number of anilines is 3. The Kier molecular flexibility index (Phi) is 6.35. The summed E-state index contributed by atoms with van der Waals surface area (Å²) in [7, 11) is 0. The minimum absolute atomic E-state index is 0.00643. The highest BCUT2D eigenvalue weighted by atomic mass is 16.6. The van der Waals surface area contributed by atoms with Gasteiger partial charge in [0, 0.05) is 17.3 Å². The van der Waals surface area contributed by atoms with Crippen LogP contribution in [0.4, 0.5) is 22.7 Å². The molecule has 0 saturated carbocycles. The first-order chi connectivity index (χ1) is 16.8. The lowest BCUT2D eigenvalue weighted by Crippen LogP contribution is -2.33. The van der Waals surface area contributed by atoms with E-state index >= 15 is 0 Å². The third-order valence-electron chi connectivity index (χ3n) is 5.02. The zero-order chi connectivity index (χ0) is 24.9. The first kappa shape index (κ1) is 22.9. The molecule has 0 bridgehead atoms. The van der Waals surface area contributed by atoms with Crippen LogP contribution in [0.5, 0.6) is 0 Å². The van der Waals surface area contributed by atoms with Crippen molar-refractivity contribution in [3.63, 3.8) is 0 Å². The van der Waals surface area contributed by atoms with Crippen molar-refractivity contribution < 1.29 is 14.5 Å². The Morgan fingerprint density at radius 2 is 1.63 bits per heavy atom. The summed E-state index contributed by atoms with van der Waals surface area (Å²) < 4.78 is 0. The summed E-state index contributed by atoms with van der Waals surface area (Å²) >= 11 is 0. The zero-order valence-corrected chi connectivity index (χ0v) is 18.0. The Labute approximate surface area is 196 Å². The van der Waals surface area contributed by atoms with Gasteiger partial charge in [-0.2, -0.15) is 0 Å². The number of carbonyl (C=O) groups is 2. The summed E-state index contributed by atoms with van der Waals surface area (Å²) in [6, 6.07) is 17.1. The SMILES string of the molecule is O=C(CNC(=O)c1ccc(Nc2ccccc2)c([N+](=O)[O-])c1)Nc1cccc2c(=O)[nH][nH]c(=O)c12. The lowest BCUT2D eigenvalue weighted by molar-refractivity contribution is -0.383. The summed E-state index contributed by atoms with van der Waals surface area (Å²) in [5, 5.41) is 23.8. The van der Waals surface area contributed by atoms with E-state index in [-0.39, 0.29) is 33.4 Å². The molecule has 176 valence electrons. The van der Waals surface area contributed by atoms with E-state index in [0.717, 1.165) is 6.07 Å². The van der Waals surface area contributed by atoms with E-state index < -0.39 is 34.4 Å². The number of nitro groups is 1. The third kappa shape index (κ3) is 5.06. The number of para-hydroxylation sites is 1. The lowest BCUT2D eigenvalue weighted by Gasteiger charge is -2.10. The normalized spacial score (nSPS) is 10.5. The number of hydrogen-bond acceptors (Lipinski definition) is 7. The molecule has 0 spiro atoms. The number of hydrogen-bond donors (Lipinski definition) is 5. The molecule has 12 nitrogen and oxygen atoms in total. The highest BCUT2D eigenvalue weighted by Gasteiger charge is 2.19.